The summed E-state index contributed by atoms with van der Waals surface area (Å²) >= 11 is 6.28. The van der Waals surface area contributed by atoms with Gasteiger partial charge in [-0.05, 0) is 23.8 Å². The van der Waals surface area contributed by atoms with E-state index in [2.05, 4.69) is 10.3 Å². The van der Waals surface area contributed by atoms with Crippen LogP contribution in [-0.4, -0.2) is 21.3 Å². The van der Waals surface area contributed by atoms with Crippen molar-refractivity contribution in [3.8, 4) is 5.75 Å². The third kappa shape index (κ3) is 2.91. The predicted molar refractivity (Wildman–Crippen MR) is 87.9 cm³/mol. The SMILES string of the molecule is O=C(O)NC(c1ccccc1)c1cc(Cl)c2cccnc2c1O. The smallest absolute Gasteiger partial charge is 0.405 e. The average Bonchev–Trinajstić information content (AvgIpc) is 2.57. The van der Waals surface area contributed by atoms with Gasteiger partial charge in [-0.3, -0.25) is 4.98 Å². The first-order chi connectivity index (χ1) is 11.1. The molecule has 1 amide bonds. The van der Waals surface area contributed by atoms with E-state index < -0.39 is 12.1 Å². The summed E-state index contributed by atoms with van der Waals surface area (Å²) < 4.78 is 0. The second-order valence-corrected chi connectivity index (χ2v) is 5.40. The molecule has 2 aromatic carbocycles. The van der Waals surface area contributed by atoms with Gasteiger partial charge in [-0.1, -0.05) is 41.9 Å². The van der Waals surface area contributed by atoms with Gasteiger partial charge in [0.1, 0.15) is 11.3 Å². The fourth-order valence-corrected chi connectivity index (χ4v) is 2.81. The topological polar surface area (TPSA) is 82.5 Å². The molecule has 5 nitrogen and oxygen atoms in total. The van der Waals surface area contributed by atoms with Crippen molar-refractivity contribution in [2.75, 3.05) is 0 Å². The van der Waals surface area contributed by atoms with E-state index in [0.29, 0.717) is 27.1 Å². The number of halogens is 1. The highest BCUT2D eigenvalue weighted by atomic mass is 35.5. The Kier molecular flexibility index (Phi) is 4.04. The highest BCUT2D eigenvalue weighted by Crippen LogP contribution is 2.38. The number of rotatable bonds is 3. The van der Waals surface area contributed by atoms with Gasteiger partial charge < -0.3 is 15.5 Å². The Morgan fingerprint density at radius 1 is 1.17 bits per heavy atom. The number of carboxylic acid groups (broad SMARTS) is 1. The molecule has 0 aliphatic heterocycles. The summed E-state index contributed by atoms with van der Waals surface area (Å²) in [4.78, 5) is 15.3. The Hall–Kier alpha value is -2.79. The summed E-state index contributed by atoms with van der Waals surface area (Å²) in [6, 6.07) is 13.2. The first-order valence-electron chi connectivity index (χ1n) is 6.88. The molecule has 0 radical (unpaired) electrons. The molecule has 3 rings (SSSR count). The van der Waals surface area contributed by atoms with Crippen molar-refractivity contribution in [3.63, 3.8) is 0 Å². The second-order valence-electron chi connectivity index (χ2n) is 4.99. The van der Waals surface area contributed by atoms with Crippen LogP contribution in [0.15, 0.2) is 54.7 Å². The molecule has 0 saturated heterocycles. The van der Waals surface area contributed by atoms with Crippen LogP contribution < -0.4 is 5.32 Å². The van der Waals surface area contributed by atoms with Crippen molar-refractivity contribution in [2.24, 2.45) is 0 Å². The number of pyridine rings is 1. The van der Waals surface area contributed by atoms with Gasteiger partial charge in [0.25, 0.3) is 0 Å². The summed E-state index contributed by atoms with van der Waals surface area (Å²) in [7, 11) is 0. The van der Waals surface area contributed by atoms with Crippen LogP contribution in [-0.2, 0) is 0 Å². The molecule has 1 heterocycles. The lowest BCUT2D eigenvalue weighted by molar-refractivity contribution is 0.191. The van der Waals surface area contributed by atoms with Gasteiger partial charge >= 0.3 is 6.09 Å². The van der Waals surface area contributed by atoms with Crippen LogP contribution in [0.25, 0.3) is 10.9 Å². The Bertz CT molecular complexity index is 868. The second kappa shape index (κ2) is 6.14. The third-order valence-corrected chi connectivity index (χ3v) is 3.87. The number of hydrogen-bond donors (Lipinski definition) is 3. The molecule has 0 saturated carbocycles. The van der Waals surface area contributed by atoms with Crippen molar-refractivity contribution in [1.82, 2.24) is 10.3 Å². The molecule has 1 unspecified atom stereocenters. The van der Waals surface area contributed by atoms with E-state index in [1.165, 1.54) is 0 Å². The minimum atomic E-state index is -1.20. The normalized spacial score (nSPS) is 12.0. The number of aromatic hydroxyl groups is 1. The molecule has 3 N–H and O–H groups in total. The molecule has 116 valence electrons. The fraction of sp³-hybridized carbons (Fsp3) is 0.0588. The zero-order valence-electron chi connectivity index (χ0n) is 11.9. The first kappa shape index (κ1) is 15.1. The summed E-state index contributed by atoms with van der Waals surface area (Å²) in [5, 5.41) is 23.1. The zero-order chi connectivity index (χ0) is 16.4. The van der Waals surface area contributed by atoms with Gasteiger partial charge in [-0.25, -0.2) is 4.79 Å². The van der Waals surface area contributed by atoms with Gasteiger partial charge in [-0.2, -0.15) is 0 Å². The van der Waals surface area contributed by atoms with Crippen molar-refractivity contribution in [1.29, 1.82) is 0 Å². The molecule has 0 fully saturated rings. The van der Waals surface area contributed by atoms with Crippen LogP contribution in [0.2, 0.25) is 5.02 Å². The van der Waals surface area contributed by atoms with Crippen LogP contribution >= 0.6 is 11.6 Å². The molecule has 6 heteroatoms. The molecule has 0 bridgehead atoms. The Balaban J connectivity index is 2.22. The van der Waals surface area contributed by atoms with Crippen molar-refractivity contribution in [2.45, 2.75) is 6.04 Å². The Morgan fingerprint density at radius 2 is 1.91 bits per heavy atom. The summed E-state index contributed by atoms with van der Waals surface area (Å²) in [6.07, 6.45) is 0.347. The summed E-state index contributed by atoms with van der Waals surface area (Å²) in [5.74, 6) is -0.0902. The van der Waals surface area contributed by atoms with Gasteiger partial charge in [0.15, 0.2) is 0 Å². The van der Waals surface area contributed by atoms with Crippen molar-refractivity contribution < 1.29 is 15.0 Å². The number of carbonyl (C=O) groups is 1. The van der Waals surface area contributed by atoms with Crippen LogP contribution in [0.4, 0.5) is 4.79 Å². The predicted octanol–water partition coefficient (Wildman–Crippen LogP) is 3.95. The maximum Gasteiger partial charge on any atom is 0.405 e. The van der Waals surface area contributed by atoms with Gasteiger partial charge in [0.2, 0.25) is 0 Å². The van der Waals surface area contributed by atoms with Crippen LogP contribution in [0.1, 0.15) is 17.2 Å². The number of fused-ring (bicyclic) bond motifs is 1. The van der Waals surface area contributed by atoms with Gasteiger partial charge in [0.05, 0.1) is 11.1 Å². The monoisotopic (exact) mass is 328 g/mol. The van der Waals surface area contributed by atoms with Gasteiger partial charge in [0, 0.05) is 17.1 Å². The number of phenols is 1. The molecule has 1 atom stereocenters. The number of aromatic nitrogens is 1. The fourth-order valence-electron chi connectivity index (χ4n) is 2.54. The van der Waals surface area contributed by atoms with E-state index >= 15 is 0 Å². The quantitative estimate of drug-likeness (QED) is 0.680. The molecule has 0 aliphatic rings. The van der Waals surface area contributed by atoms with E-state index in [-0.39, 0.29) is 5.75 Å². The first-order valence-corrected chi connectivity index (χ1v) is 7.26. The van der Waals surface area contributed by atoms with Crippen molar-refractivity contribution >= 4 is 28.6 Å². The summed E-state index contributed by atoms with van der Waals surface area (Å²) in [5.41, 5.74) is 1.38. The van der Waals surface area contributed by atoms with Crippen LogP contribution in [0.5, 0.6) is 5.75 Å². The van der Waals surface area contributed by atoms with Gasteiger partial charge in [-0.15, -0.1) is 0 Å². The number of hydrogen-bond acceptors (Lipinski definition) is 3. The number of nitrogens with zero attached hydrogens (tertiary/aromatic N) is 1. The molecule has 0 spiro atoms. The number of benzene rings is 2. The van der Waals surface area contributed by atoms with E-state index in [9.17, 15) is 9.90 Å². The standard InChI is InChI=1S/C17H13ClN2O3/c18-13-9-12(16(21)15-11(13)7-4-8-19-15)14(20-17(22)23)10-5-2-1-3-6-10/h1-9,14,20-21H,(H,22,23). The molecule has 0 aliphatic carbocycles. The number of nitrogens with one attached hydrogen (secondary N) is 1. The van der Waals surface area contributed by atoms with Crippen LogP contribution in [0, 0.1) is 0 Å². The van der Waals surface area contributed by atoms with E-state index in [1.54, 1.807) is 48.7 Å². The molecular formula is C17H13ClN2O3. The highest BCUT2D eigenvalue weighted by Gasteiger charge is 2.22. The van der Waals surface area contributed by atoms with E-state index in [1.807, 2.05) is 6.07 Å². The lowest BCUT2D eigenvalue weighted by Crippen LogP contribution is -2.27. The maximum absolute atomic E-state index is 11.2. The molecular weight excluding hydrogens is 316 g/mol. The Morgan fingerprint density at radius 3 is 2.61 bits per heavy atom. The minimum Gasteiger partial charge on any atom is -0.505 e. The van der Waals surface area contributed by atoms with E-state index in [0.717, 1.165) is 0 Å². The average molecular weight is 329 g/mol. The lowest BCUT2D eigenvalue weighted by Gasteiger charge is -2.20. The molecule has 3 aromatic rings. The molecule has 1 aromatic heterocycles. The number of amides is 1. The highest BCUT2D eigenvalue weighted by molar-refractivity contribution is 6.35. The molecule has 23 heavy (non-hydrogen) atoms. The summed E-state index contributed by atoms with van der Waals surface area (Å²) in [6.45, 7) is 0. The lowest BCUT2D eigenvalue weighted by atomic mass is 9.96. The third-order valence-electron chi connectivity index (χ3n) is 3.56. The largest absolute Gasteiger partial charge is 0.505 e. The Labute approximate surface area is 137 Å². The van der Waals surface area contributed by atoms with E-state index in [4.69, 9.17) is 16.7 Å². The number of phenolic OH excluding ortho intramolecular Hbond substituents is 1. The van der Waals surface area contributed by atoms with Crippen LogP contribution in [0.3, 0.4) is 0 Å². The zero-order valence-corrected chi connectivity index (χ0v) is 12.7. The maximum atomic E-state index is 11.2. The minimum absolute atomic E-state index is 0.0902. The van der Waals surface area contributed by atoms with Crippen molar-refractivity contribution in [3.05, 3.63) is 70.9 Å².